The molecule has 256 valence electrons. The van der Waals surface area contributed by atoms with Crippen LogP contribution in [0.15, 0.2) is 5.38 Å². The Morgan fingerprint density at radius 3 is 2.04 bits per heavy atom. The predicted molar refractivity (Wildman–Crippen MR) is 170 cm³/mol. The monoisotopic (exact) mass is 656 g/mol. The number of carbonyl (C=O) groups is 5. The fourth-order valence-corrected chi connectivity index (χ4v) is 4.91. The van der Waals surface area contributed by atoms with Gasteiger partial charge in [0.2, 0.25) is 17.7 Å². The number of methoxy groups -OCH3 is 1. The van der Waals surface area contributed by atoms with E-state index in [4.69, 9.17) is 4.74 Å². The van der Waals surface area contributed by atoms with E-state index in [9.17, 15) is 29.1 Å². The van der Waals surface area contributed by atoms with Gasteiger partial charge in [-0.05, 0) is 37.5 Å². The number of alkyl carbamates (subject to hydrolysis) is 2. The molecule has 0 aliphatic heterocycles. The van der Waals surface area contributed by atoms with Crippen molar-refractivity contribution in [1.82, 2.24) is 31.6 Å². The quantitative estimate of drug-likeness (QED) is 0.137. The third-order valence-electron chi connectivity index (χ3n) is 6.73. The standard InChI is InChI=1S/C30H52N6O8S/c1-16(2)10-21(23(37)11-19(7)26(38)36-25(18(5)6)28(40)31-12-17(3)4)34-27(39)22(13-32-29(41)43-9)35-30(42)44-14-24-33-20(8)15-45-24/h15-19,21-23,25,37H,10-14H2,1-9H3,(H,31,40)(H,32,41)(H,34,39)(H,35,42)(H,36,38)/t19-,21+,22+,23+,25+/m1/s1. The number of hydrogen-bond acceptors (Lipinski definition) is 10. The number of ether oxygens (including phenoxy) is 2. The number of rotatable bonds is 18. The van der Waals surface area contributed by atoms with E-state index < -0.39 is 54.1 Å². The topological polar surface area (TPSA) is 197 Å². The van der Waals surface area contributed by atoms with Crippen LogP contribution in [0.2, 0.25) is 0 Å². The van der Waals surface area contributed by atoms with Crippen LogP contribution in [0.5, 0.6) is 0 Å². The third kappa shape index (κ3) is 15.4. The van der Waals surface area contributed by atoms with Gasteiger partial charge >= 0.3 is 12.2 Å². The molecule has 0 saturated carbocycles. The summed E-state index contributed by atoms with van der Waals surface area (Å²) in [5, 5.41) is 26.8. The molecule has 0 spiro atoms. The van der Waals surface area contributed by atoms with Crippen LogP contribution in [-0.4, -0.2) is 84.4 Å². The molecule has 14 nitrogen and oxygen atoms in total. The zero-order valence-electron chi connectivity index (χ0n) is 27.9. The minimum atomic E-state index is -1.27. The van der Waals surface area contributed by atoms with Crippen LogP contribution in [0, 0.1) is 30.6 Å². The maximum atomic E-state index is 13.4. The molecular formula is C30H52N6O8S. The normalized spacial score (nSPS) is 14.6. The molecule has 1 heterocycles. The Kier molecular flexibility index (Phi) is 17.4. The van der Waals surface area contributed by atoms with Gasteiger partial charge in [-0.25, -0.2) is 14.6 Å². The molecule has 0 aliphatic carbocycles. The number of aromatic nitrogens is 1. The van der Waals surface area contributed by atoms with Crippen molar-refractivity contribution < 1.29 is 38.6 Å². The number of nitrogens with one attached hydrogen (secondary N) is 5. The molecule has 6 N–H and O–H groups in total. The van der Waals surface area contributed by atoms with Crippen LogP contribution in [-0.2, 0) is 30.5 Å². The van der Waals surface area contributed by atoms with Crippen LogP contribution in [0.1, 0.15) is 72.0 Å². The Balaban J connectivity index is 2.95. The van der Waals surface area contributed by atoms with E-state index in [-0.39, 0.29) is 43.2 Å². The lowest BCUT2D eigenvalue weighted by atomic mass is 9.91. The number of thiazole rings is 1. The van der Waals surface area contributed by atoms with Gasteiger partial charge in [0.1, 0.15) is 23.7 Å². The van der Waals surface area contributed by atoms with Gasteiger partial charge in [-0.15, -0.1) is 11.3 Å². The fourth-order valence-electron chi connectivity index (χ4n) is 4.23. The Hall–Kier alpha value is -3.46. The predicted octanol–water partition coefficient (Wildman–Crippen LogP) is 2.23. The van der Waals surface area contributed by atoms with E-state index in [2.05, 4.69) is 36.3 Å². The molecule has 15 heteroatoms. The molecule has 1 aromatic heterocycles. The van der Waals surface area contributed by atoms with Gasteiger partial charge in [-0.2, -0.15) is 0 Å². The van der Waals surface area contributed by atoms with Gasteiger partial charge in [-0.3, -0.25) is 14.4 Å². The maximum Gasteiger partial charge on any atom is 0.408 e. The lowest BCUT2D eigenvalue weighted by Gasteiger charge is -2.30. The van der Waals surface area contributed by atoms with Gasteiger partial charge in [0, 0.05) is 23.5 Å². The summed E-state index contributed by atoms with van der Waals surface area (Å²) in [4.78, 5) is 67.6. The third-order valence-corrected chi connectivity index (χ3v) is 7.67. The smallest absolute Gasteiger partial charge is 0.408 e. The highest BCUT2D eigenvalue weighted by molar-refractivity contribution is 7.09. The highest BCUT2D eigenvalue weighted by Gasteiger charge is 2.32. The van der Waals surface area contributed by atoms with Crippen LogP contribution < -0.4 is 26.6 Å². The summed E-state index contributed by atoms with van der Waals surface area (Å²) in [6.07, 6.45) is -2.50. The SMILES string of the molecule is COC(=O)NC[C@H](NC(=O)OCc1nc(C)cs1)C(=O)N[C@@H](CC(C)C)[C@@H](O)C[C@@H](C)C(=O)N[C@H](C(=O)NCC(C)C)C(C)C. The van der Waals surface area contributed by atoms with Crippen molar-refractivity contribution >= 4 is 41.2 Å². The molecular weight excluding hydrogens is 604 g/mol. The second-order valence-electron chi connectivity index (χ2n) is 12.3. The van der Waals surface area contributed by atoms with Crippen molar-refractivity contribution in [3.8, 4) is 0 Å². The molecule has 0 bridgehead atoms. The van der Waals surface area contributed by atoms with Crippen LogP contribution in [0.25, 0.3) is 0 Å². The number of aliphatic hydroxyl groups excluding tert-OH is 1. The van der Waals surface area contributed by atoms with E-state index in [1.165, 1.54) is 11.3 Å². The van der Waals surface area contributed by atoms with E-state index >= 15 is 0 Å². The van der Waals surface area contributed by atoms with Crippen LogP contribution >= 0.6 is 11.3 Å². The lowest BCUT2D eigenvalue weighted by Crippen LogP contribution is -2.57. The van der Waals surface area contributed by atoms with Crippen molar-refractivity contribution in [3.05, 3.63) is 16.1 Å². The van der Waals surface area contributed by atoms with E-state index in [0.29, 0.717) is 18.0 Å². The first-order valence-electron chi connectivity index (χ1n) is 15.3. The van der Waals surface area contributed by atoms with E-state index in [1.54, 1.807) is 6.92 Å². The first-order valence-corrected chi connectivity index (χ1v) is 16.1. The summed E-state index contributed by atoms with van der Waals surface area (Å²) in [6, 6.07) is -2.80. The number of aryl methyl sites for hydroxylation is 1. The van der Waals surface area contributed by atoms with Crippen LogP contribution in [0.4, 0.5) is 9.59 Å². The van der Waals surface area contributed by atoms with Gasteiger partial charge in [0.15, 0.2) is 0 Å². The van der Waals surface area contributed by atoms with Gasteiger partial charge in [0.25, 0.3) is 0 Å². The Morgan fingerprint density at radius 1 is 0.844 bits per heavy atom. The molecule has 0 unspecified atom stereocenters. The van der Waals surface area contributed by atoms with Gasteiger partial charge < -0.3 is 41.2 Å². The van der Waals surface area contributed by atoms with Crippen molar-refractivity contribution in [3.63, 3.8) is 0 Å². The summed E-state index contributed by atoms with van der Waals surface area (Å²) < 4.78 is 9.77. The lowest BCUT2D eigenvalue weighted by molar-refractivity contribution is -0.132. The zero-order chi connectivity index (χ0) is 34.3. The van der Waals surface area contributed by atoms with Crippen molar-refractivity contribution in [2.24, 2.45) is 23.7 Å². The Labute approximate surface area is 270 Å². The Morgan fingerprint density at radius 2 is 1.51 bits per heavy atom. The summed E-state index contributed by atoms with van der Waals surface area (Å²) in [5.41, 5.74) is 0.784. The van der Waals surface area contributed by atoms with Crippen LogP contribution in [0.3, 0.4) is 0 Å². The fraction of sp³-hybridized carbons (Fsp3) is 0.733. The molecule has 45 heavy (non-hydrogen) atoms. The number of nitrogens with zero attached hydrogens (tertiary/aromatic N) is 1. The number of hydrogen-bond donors (Lipinski definition) is 6. The Bertz CT molecular complexity index is 1110. The molecule has 0 fully saturated rings. The molecule has 5 atom stereocenters. The largest absolute Gasteiger partial charge is 0.453 e. The minimum absolute atomic E-state index is 0.00426. The first-order chi connectivity index (χ1) is 21.0. The average molecular weight is 657 g/mol. The van der Waals surface area contributed by atoms with Crippen molar-refractivity contribution in [2.75, 3.05) is 20.2 Å². The zero-order valence-corrected chi connectivity index (χ0v) is 28.7. The highest BCUT2D eigenvalue weighted by Crippen LogP contribution is 2.17. The second-order valence-corrected chi connectivity index (χ2v) is 13.3. The first kappa shape index (κ1) is 39.6. The van der Waals surface area contributed by atoms with Crippen molar-refractivity contribution in [2.45, 2.75) is 99.1 Å². The second kappa shape index (κ2) is 19.8. The maximum absolute atomic E-state index is 13.4. The van der Waals surface area contributed by atoms with Crippen molar-refractivity contribution in [1.29, 1.82) is 0 Å². The average Bonchev–Trinajstić information content (AvgIpc) is 3.38. The highest BCUT2D eigenvalue weighted by atomic mass is 32.1. The molecule has 0 aliphatic rings. The minimum Gasteiger partial charge on any atom is -0.453 e. The van der Waals surface area contributed by atoms with Gasteiger partial charge in [-0.1, -0.05) is 48.5 Å². The number of carbonyl (C=O) groups excluding carboxylic acids is 5. The van der Waals surface area contributed by atoms with Gasteiger partial charge in [0.05, 0.1) is 25.8 Å². The molecule has 0 aromatic carbocycles. The number of aliphatic hydroxyl groups is 1. The molecule has 1 aromatic rings. The summed E-state index contributed by atoms with van der Waals surface area (Å²) >= 11 is 1.32. The van der Waals surface area contributed by atoms with E-state index in [1.807, 2.05) is 53.8 Å². The molecule has 1 rings (SSSR count). The number of amides is 5. The molecule has 0 radical (unpaired) electrons. The van der Waals surface area contributed by atoms with E-state index in [0.717, 1.165) is 12.8 Å². The summed E-state index contributed by atoms with van der Waals surface area (Å²) in [7, 11) is 1.16. The summed E-state index contributed by atoms with van der Waals surface area (Å²) in [6.45, 7) is 15.0. The molecule has 0 saturated heterocycles. The molecule has 5 amide bonds. The summed E-state index contributed by atoms with van der Waals surface area (Å²) in [5.74, 6) is -1.90.